The molecule has 0 saturated carbocycles. The fourth-order valence-corrected chi connectivity index (χ4v) is 2.33. The van der Waals surface area contributed by atoms with E-state index in [-0.39, 0.29) is 5.41 Å². The first-order chi connectivity index (χ1) is 9.32. The van der Waals surface area contributed by atoms with Gasteiger partial charge in [-0.15, -0.1) is 0 Å². The van der Waals surface area contributed by atoms with Crippen LogP contribution >= 0.6 is 0 Å². The van der Waals surface area contributed by atoms with Gasteiger partial charge in [0.15, 0.2) is 11.5 Å². The number of ether oxygens (including phenoxy) is 2. The summed E-state index contributed by atoms with van der Waals surface area (Å²) >= 11 is 0. The molecule has 0 atom stereocenters. The fraction of sp³-hybridized carbons (Fsp3) is 0.625. The maximum atomic E-state index is 5.80. The lowest BCUT2D eigenvalue weighted by molar-refractivity contribution is 0.209. The second kappa shape index (κ2) is 6.95. The molecule has 0 heterocycles. The smallest absolute Gasteiger partial charge is 0.161 e. The monoisotopic (exact) mass is 280 g/mol. The van der Waals surface area contributed by atoms with Crippen molar-refractivity contribution >= 4 is 0 Å². The summed E-state index contributed by atoms with van der Waals surface area (Å²) in [5, 5.41) is 0. The van der Waals surface area contributed by atoms with Gasteiger partial charge in [0, 0.05) is 13.1 Å². The molecule has 0 saturated heterocycles. The molecular weight excluding hydrogens is 252 g/mol. The molecule has 0 aromatic heterocycles. The first-order valence-corrected chi connectivity index (χ1v) is 6.93. The molecule has 0 radical (unpaired) electrons. The van der Waals surface area contributed by atoms with Gasteiger partial charge in [0.1, 0.15) is 0 Å². The van der Waals surface area contributed by atoms with Crippen LogP contribution in [0.4, 0.5) is 0 Å². The summed E-state index contributed by atoms with van der Waals surface area (Å²) in [7, 11) is 5.44. The second-order valence-electron chi connectivity index (χ2n) is 6.17. The third-order valence-corrected chi connectivity index (χ3v) is 3.53. The summed E-state index contributed by atoms with van der Waals surface area (Å²) in [5.74, 6) is 1.55. The third-order valence-electron chi connectivity index (χ3n) is 3.53. The van der Waals surface area contributed by atoms with Crippen LogP contribution in [0.15, 0.2) is 12.1 Å². The third kappa shape index (κ3) is 4.39. The Morgan fingerprint density at radius 1 is 1.15 bits per heavy atom. The highest BCUT2D eigenvalue weighted by Crippen LogP contribution is 2.31. The average Bonchev–Trinajstić information content (AvgIpc) is 2.39. The first-order valence-electron chi connectivity index (χ1n) is 6.93. The van der Waals surface area contributed by atoms with E-state index in [1.807, 2.05) is 6.07 Å². The summed E-state index contributed by atoms with van der Waals surface area (Å²) in [6.45, 7) is 8.98. The molecule has 0 aliphatic carbocycles. The molecule has 0 amide bonds. The highest BCUT2D eigenvalue weighted by atomic mass is 16.5. The molecule has 1 rings (SSSR count). The summed E-state index contributed by atoms with van der Waals surface area (Å²) in [4.78, 5) is 2.29. The highest BCUT2D eigenvalue weighted by molar-refractivity contribution is 5.47. The number of benzene rings is 1. The van der Waals surface area contributed by atoms with E-state index in [0.717, 1.165) is 24.6 Å². The van der Waals surface area contributed by atoms with Crippen molar-refractivity contribution in [1.29, 1.82) is 0 Å². The SMILES string of the molecule is COc1cc(C)c(CN(C)CC(C)(C)CN)cc1OC. The van der Waals surface area contributed by atoms with Crippen molar-refractivity contribution in [1.82, 2.24) is 4.90 Å². The maximum absolute atomic E-state index is 5.80. The summed E-state index contributed by atoms with van der Waals surface area (Å²) in [6.07, 6.45) is 0. The van der Waals surface area contributed by atoms with Gasteiger partial charge in [-0.05, 0) is 49.2 Å². The normalized spacial score (nSPS) is 11.8. The van der Waals surface area contributed by atoms with E-state index in [9.17, 15) is 0 Å². The second-order valence-corrected chi connectivity index (χ2v) is 6.17. The van der Waals surface area contributed by atoms with Gasteiger partial charge in [-0.25, -0.2) is 0 Å². The summed E-state index contributed by atoms with van der Waals surface area (Å²) in [6, 6.07) is 4.08. The number of nitrogens with two attached hydrogens (primary N) is 1. The van der Waals surface area contributed by atoms with Crippen molar-refractivity contribution in [3.63, 3.8) is 0 Å². The number of rotatable bonds is 7. The van der Waals surface area contributed by atoms with Crippen molar-refractivity contribution in [3.8, 4) is 11.5 Å². The minimum absolute atomic E-state index is 0.124. The lowest BCUT2D eigenvalue weighted by Crippen LogP contribution is -2.36. The Morgan fingerprint density at radius 2 is 1.70 bits per heavy atom. The lowest BCUT2D eigenvalue weighted by atomic mass is 9.93. The Labute approximate surface area is 122 Å². The number of hydrogen-bond acceptors (Lipinski definition) is 4. The molecule has 0 aliphatic rings. The van der Waals surface area contributed by atoms with Gasteiger partial charge in [0.25, 0.3) is 0 Å². The zero-order chi connectivity index (χ0) is 15.3. The zero-order valence-corrected chi connectivity index (χ0v) is 13.6. The first kappa shape index (κ1) is 16.8. The molecule has 0 aliphatic heterocycles. The standard InChI is InChI=1S/C16H28N2O2/c1-12-7-14(19-5)15(20-6)8-13(12)9-18(4)11-16(2,3)10-17/h7-8H,9-11,17H2,1-6H3. The van der Waals surface area contributed by atoms with E-state index < -0.39 is 0 Å². The molecule has 2 N–H and O–H groups in total. The summed E-state index contributed by atoms with van der Waals surface area (Å²) in [5.41, 5.74) is 8.38. The predicted octanol–water partition coefficient (Wildman–Crippen LogP) is 2.43. The van der Waals surface area contributed by atoms with Crippen molar-refractivity contribution in [3.05, 3.63) is 23.3 Å². The largest absolute Gasteiger partial charge is 0.493 e. The topological polar surface area (TPSA) is 47.7 Å². The number of aryl methyl sites for hydroxylation is 1. The highest BCUT2D eigenvalue weighted by Gasteiger charge is 2.19. The van der Waals surface area contributed by atoms with Crippen LogP contribution in [-0.2, 0) is 6.54 Å². The molecule has 0 fully saturated rings. The van der Waals surface area contributed by atoms with Gasteiger partial charge in [-0.1, -0.05) is 13.8 Å². The van der Waals surface area contributed by atoms with Crippen molar-refractivity contribution in [2.45, 2.75) is 27.3 Å². The van der Waals surface area contributed by atoms with E-state index in [1.54, 1.807) is 14.2 Å². The van der Waals surface area contributed by atoms with Crippen molar-refractivity contribution < 1.29 is 9.47 Å². The Hall–Kier alpha value is -1.26. The average molecular weight is 280 g/mol. The molecule has 0 spiro atoms. The minimum atomic E-state index is 0.124. The quantitative estimate of drug-likeness (QED) is 0.833. The Balaban J connectivity index is 2.87. The van der Waals surface area contributed by atoms with Gasteiger partial charge in [-0.3, -0.25) is 0 Å². The molecule has 4 nitrogen and oxygen atoms in total. The van der Waals surface area contributed by atoms with E-state index in [4.69, 9.17) is 15.2 Å². The van der Waals surface area contributed by atoms with Gasteiger partial charge in [-0.2, -0.15) is 0 Å². The molecule has 1 aromatic carbocycles. The predicted molar refractivity (Wildman–Crippen MR) is 83.5 cm³/mol. The Kier molecular flexibility index (Phi) is 5.84. The van der Waals surface area contributed by atoms with Crippen LogP contribution in [0.2, 0.25) is 0 Å². The van der Waals surface area contributed by atoms with E-state index >= 15 is 0 Å². The van der Waals surface area contributed by atoms with Crippen LogP contribution in [0, 0.1) is 12.3 Å². The van der Waals surface area contributed by atoms with Crippen molar-refractivity contribution in [2.75, 3.05) is 34.4 Å². The number of methoxy groups -OCH3 is 2. The Bertz CT molecular complexity index is 444. The van der Waals surface area contributed by atoms with Crippen LogP contribution in [0.1, 0.15) is 25.0 Å². The molecule has 1 aromatic rings. The van der Waals surface area contributed by atoms with E-state index in [1.165, 1.54) is 11.1 Å². The van der Waals surface area contributed by atoms with Gasteiger partial charge in [0.2, 0.25) is 0 Å². The summed E-state index contributed by atoms with van der Waals surface area (Å²) < 4.78 is 10.7. The fourth-order valence-electron chi connectivity index (χ4n) is 2.33. The maximum Gasteiger partial charge on any atom is 0.161 e. The zero-order valence-electron chi connectivity index (χ0n) is 13.6. The van der Waals surface area contributed by atoms with Crippen LogP contribution in [-0.4, -0.2) is 39.3 Å². The number of nitrogens with zero attached hydrogens (tertiary/aromatic N) is 1. The van der Waals surface area contributed by atoms with Crippen LogP contribution in [0.25, 0.3) is 0 Å². The molecular formula is C16H28N2O2. The van der Waals surface area contributed by atoms with Gasteiger partial charge in [0.05, 0.1) is 14.2 Å². The Morgan fingerprint density at radius 3 is 2.20 bits per heavy atom. The molecule has 114 valence electrons. The molecule has 4 heteroatoms. The van der Waals surface area contributed by atoms with Gasteiger partial charge < -0.3 is 20.1 Å². The molecule has 0 unspecified atom stereocenters. The van der Waals surface area contributed by atoms with Crippen LogP contribution in [0.3, 0.4) is 0 Å². The van der Waals surface area contributed by atoms with Crippen LogP contribution < -0.4 is 15.2 Å². The molecule has 20 heavy (non-hydrogen) atoms. The van der Waals surface area contributed by atoms with Crippen molar-refractivity contribution in [2.24, 2.45) is 11.1 Å². The molecule has 0 bridgehead atoms. The lowest BCUT2D eigenvalue weighted by Gasteiger charge is -2.29. The van der Waals surface area contributed by atoms with E-state index in [0.29, 0.717) is 6.54 Å². The number of hydrogen-bond donors (Lipinski definition) is 1. The minimum Gasteiger partial charge on any atom is -0.493 e. The van der Waals surface area contributed by atoms with Gasteiger partial charge >= 0.3 is 0 Å². The van der Waals surface area contributed by atoms with E-state index in [2.05, 4.69) is 38.8 Å². The van der Waals surface area contributed by atoms with Crippen LogP contribution in [0.5, 0.6) is 11.5 Å².